The number of halogens is 4. The van der Waals surface area contributed by atoms with Gasteiger partial charge in [0.15, 0.2) is 0 Å². The van der Waals surface area contributed by atoms with Crippen LogP contribution in [0.4, 0.5) is 23.7 Å². The third-order valence-electron chi connectivity index (χ3n) is 3.44. The Hall–Kier alpha value is -2.33. The maximum Gasteiger partial charge on any atom is 0.440 e. The van der Waals surface area contributed by atoms with Crippen LogP contribution in [-0.4, -0.2) is 42.2 Å². The Balaban J connectivity index is 3.11. The number of carbonyl (C=O) groups is 2. The number of amides is 1. The largest absolute Gasteiger partial charge is 0.463 e. The number of carbonyl (C=O) groups excluding carboxylic acids is 2. The molecule has 1 aromatic rings. The van der Waals surface area contributed by atoms with E-state index in [1.54, 1.807) is 6.92 Å². The van der Waals surface area contributed by atoms with Gasteiger partial charge in [-0.2, -0.15) is 13.2 Å². The van der Waals surface area contributed by atoms with Crippen molar-refractivity contribution in [1.82, 2.24) is 0 Å². The van der Waals surface area contributed by atoms with E-state index in [4.69, 9.17) is 11.6 Å². The molecule has 0 aliphatic heterocycles. The third kappa shape index (κ3) is 5.10. The number of benzene rings is 1. The maximum atomic E-state index is 13.3. The zero-order valence-corrected chi connectivity index (χ0v) is 15.5. The average molecular weight is 411 g/mol. The van der Waals surface area contributed by atoms with E-state index in [0.717, 1.165) is 29.2 Å². The molecule has 0 saturated heterocycles. The number of aliphatic hydroxyl groups is 1. The molecule has 0 spiro atoms. The minimum absolute atomic E-state index is 0.0526. The summed E-state index contributed by atoms with van der Waals surface area (Å²) in [5.74, 6) is -1.85. The van der Waals surface area contributed by atoms with Crippen LogP contribution in [0.2, 0.25) is 0 Å². The number of esters is 1. The lowest BCUT2D eigenvalue weighted by Gasteiger charge is -2.28. The molecule has 0 radical (unpaired) electrons. The van der Waals surface area contributed by atoms with Gasteiger partial charge in [-0.15, -0.1) is 0 Å². The molecule has 1 atom stereocenters. The van der Waals surface area contributed by atoms with Crippen LogP contribution in [0.5, 0.6) is 0 Å². The second-order valence-corrected chi connectivity index (χ2v) is 5.65. The zero-order chi connectivity index (χ0) is 20.8. The van der Waals surface area contributed by atoms with E-state index in [0.29, 0.717) is 6.42 Å². The van der Waals surface area contributed by atoms with E-state index < -0.39 is 29.4 Å². The highest BCUT2D eigenvalue weighted by Gasteiger charge is 2.62. The molecule has 0 aromatic heterocycles. The lowest BCUT2D eigenvalue weighted by Crippen LogP contribution is -2.50. The van der Waals surface area contributed by atoms with Crippen molar-refractivity contribution in [3.05, 3.63) is 29.8 Å². The first-order valence-corrected chi connectivity index (χ1v) is 8.10. The standard InChI is InChI=1S/C16H18ClF3N2O5/c1-4-12(17)21-27-14(24)22(3)11-8-6-10(7-9-11)15(25,16(18,19)20)13(23)26-5-2/h6-9,25H,4-5H2,1-3H3/b21-12-/t15-/m0/s1. The van der Waals surface area contributed by atoms with Gasteiger partial charge in [0.1, 0.15) is 5.17 Å². The number of oxime groups is 1. The van der Waals surface area contributed by atoms with Gasteiger partial charge in [-0.25, -0.2) is 9.59 Å². The topological polar surface area (TPSA) is 88.4 Å². The van der Waals surface area contributed by atoms with Crippen LogP contribution in [0.1, 0.15) is 25.8 Å². The molecule has 0 bridgehead atoms. The summed E-state index contributed by atoms with van der Waals surface area (Å²) < 4.78 is 44.2. The van der Waals surface area contributed by atoms with Gasteiger partial charge in [0.25, 0.3) is 5.60 Å². The summed E-state index contributed by atoms with van der Waals surface area (Å²) in [6.07, 6.45) is -5.90. The summed E-state index contributed by atoms with van der Waals surface area (Å²) in [7, 11) is 1.29. The quantitative estimate of drug-likeness (QED) is 0.335. The van der Waals surface area contributed by atoms with Crippen LogP contribution in [0, 0.1) is 0 Å². The Bertz CT molecular complexity index is 709. The lowest BCUT2D eigenvalue weighted by molar-refractivity contribution is -0.267. The van der Waals surface area contributed by atoms with E-state index in [1.165, 1.54) is 14.0 Å². The number of nitrogens with zero attached hydrogens (tertiary/aromatic N) is 2. The van der Waals surface area contributed by atoms with Gasteiger partial charge in [0.05, 0.1) is 6.61 Å². The molecular formula is C16H18ClF3N2O5. The first kappa shape index (κ1) is 22.7. The zero-order valence-electron chi connectivity index (χ0n) is 14.7. The second kappa shape index (κ2) is 9.05. The van der Waals surface area contributed by atoms with Gasteiger partial charge in [0, 0.05) is 24.7 Å². The molecule has 7 nitrogen and oxygen atoms in total. The lowest BCUT2D eigenvalue weighted by atomic mass is 9.93. The Morgan fingerprint density at radius 2 is 1.78 bits per heavy atom. The molecule has 0 unspecified atom stereocenters. The summed E-state index contributed by atoms with van der Waals surface area (Å²) in [4.78, 5) is 29.1. The van der Waals surface area contributed by atoms with E-state index in [9.17, 15) is 27.9 Å². The molecule has 150 valence electrons. The van der Waals surface area contributed by atoms with Crippen molar-refractivity contribution in [3.8, 4) is 0 Å². The molecule has 0 aliphatic rings. The number of anilines is 1. The van der Waals surface area contributed by atoms with Crippen LogP contribution in [-0.2, 0) is 20.0 Å². The van der Waals surface area contributed by atoms with Crippen molar-refractivity contribution in [2.75, 3.05) is 18.6 Å². The first-order valence-electron chi connectivity index (χ1n) is 7.72. The van der Waals surface area contributed by atoms with Crippen LogP contribution < -0.4 is 4.90 Å². The number of hydrogen-bond acceptors (Lipinski definition) is 6. The molecule has 1 N–H and O–H groups in total. The Morgan fingerprint density at radius 1 is 1.22 bits per heavy atom. The van der Waals surface area contributed by atoms with Gasteiger partial charge < -0.3 is 9.84 Å². The van der Waals surface area contributed by atoms with Gasteiger partial charge in [-0.3, -0.25) is 9.74 Å². The van der Waals surface area contributed by atoms with E-state index in [1.807, 2.05) is 0 Å². The van der Waals surface area contributed by atoms with Gasteiger partial charge in [-0.1, -0.05) is 35.8 Å². The van der Waals surface area contributed by atoms with Crippen molar-refractivity contribution in [3.63, 3.8) is 0 Å². The summed E-state index contributed by atoms with van der Waals surface area (Å²) in [5, 5.41) is 13.4. The Labute approximate surface area is 158 Å². The highest BCUT2D eigenvalue weighted by atomic mass is 35.5. The minimum Gasteiger partial charge on any atom is -0.463 e. The average Bonchev–Trinajstić information content (AvgIpc) is 2.63. The fourth-order valence-electron chi connectivity index (χ4n) is 1.88. The number of hydrogen-bond donors (Lipinski definition) is 1. The fourth-order valence-corrected chi connectivity index (χ4v) is 1.91. The number of rotatable bonds is 6. The Kier molecular flexibility index (Phi) is 7.61. The third-order valence-corrected chi connectivity index (χ3v) is 3.78. The summed E-state index contributed by atoms with van der Waals surface area (Å²) in [5.41, 5.74) is -4.47. The SMILES string of the molecule is CCOC(=O)[C@@](O)(c1ccc(N(C)C(=O)O/N=C(\Cl)CC)cc1)C(F)(F)F. The minimum atomic E-state index is -5.31. The Morgan fingerprint density at radius 3 is 2.22 bits per heavy atom. The van der Waals surface area contributed by atoms with Gasteiger partial charge in [-0.05, 0) is 19.1 Å². The van der Waals surface area contributed by atoms with E-state index in [2.05, 4.69) is 14.7 Å². The summed E-state index contributed by atoms with van der Waals surface area (Å²) in [6.45, 7) is 2.66. The first-order chi connectivity index (χ1) is 12.5. The van der Waals surface area contributed by atoms with E-state index >= 15 is 0 Å². The van der Waals surface area contributed by atoms with E-state index in [-0.39, 0.29) is 17.5 Å². The molecule has 11 heteroatoms. The second-order valence-electron chi connectivity index (χ2n) is 5.21. The fraction of sp³-hybridized carbons (Fsp3) is 0.438. The molecular weight excluding hydrogens is 393 g/mol. The number of alkyl halides is 3. The van der Waals surface area contributed by atoms with Crippen LogP contribution in [0.3, 0.4) is 0 Å². The number of ether oxygens (including phenoxy) is 1. The smallest absolute Gasteiger partial charge is 0.440 e. The van der Waals surface area contributed by atoms with Crippen molar-refractivity contribution in [2.45, 2.75) is 32.0 Å². The highest BCUT2D eigenvalue weighted by molar-refractivity contribution is 6.65. The van der Waals surface area contributed by atoms with Crippen molar-refractivity contribution >= 4 is 34.5 Å². The van der Waals surface area contributed by atoms with Gasteiger partial charge >= 0.3 is 18.2 Å². The normalized spacial score (nSPS) is 14.3. The predicted molar refractivity (Wildman–Crippen MR) is 91.5 cm³/mol. The predicted octanol–water partition coefficient (Wildman–Crippen LogP) is 3.53. The molecule has 0 fully saturated rings. The molecule has 0 aliphatic carbocycles. The maximum absolute atomic E-state index is 13.3. The molecule has 0 heterocycles. The molecule has 1 amide bonds. The highest BCUT2D eigenvalue weighted by Crippen LogP contribution is 2.40. The van der Waals surface area contributed by atoms with Crippen molar-refractivity contribution in [2.24, 2.45) is 5.16 Å². The van der Waals surface area contributed by atoms with Crippen LogP contribution in [0.25, 0.3) is 0 Å². The van der Waals surface area contributed by atoms with Crippen molar-refractivity contribution in [1.29, 1.82) is 0 Å². The van der Waals surface area contributed by atoms with Gasteiger partial charge in [0.2, 0.25) is 0 Å². The molecule has 0 saturated carbocycles. The molecule has 1 rings (SSSR count). The summed E-state index contributed by atoms with van der Waals surface area (Å²) >= 11 is 5.61. The molecule has 27 heavy (non-hydrogen) atoms. The van der Waals surface area contributed by atoms with Crippen molar-refractivity contribution < 1.29 is 37.4 Å². The van der Waals surface area contributed by atoms with Crippen LogP contribution >= 0.6 is 11.6 Å². The van der Waals surface area contributed by atoms with Crippen LogP contribution in [0.15, 0.2) is 29.4 Å². The molecule has 1 aromatic carbocycles. The monoisotopic (exact) mass is 410 g/mol. The summed E-state index contributed by atoms with van der Waals surface area (Å²) in [6, 6.07) is 3.90.